The molecule has 2 rings (SSSR count). The van der Waals surface area contributed by atoms with Crippen molar-refractivity contribution in [3.63, 3.8) is 0 Å². The van der Waals surface area contributed by atoms with Gasteiger partial charge >= 0.3 is 0 Å². The summed E-state index contributed by atoms with van der Waals surface area (Å²) in [6.07, 6.45) is -0.817. The number of rotatable bonds is 7. The SMILES string of the molecule is Cc1nnc(NCC(O)COC(C)c2ccccc2)c(C#N)c1C. The fourth-order valence-electron chi connectivity index (χ4n) is 2.22. The minimum absolute atomic E-state index is 0.100. The van der Waals surface area contributed by atoms with E-state index in [0.717, 1.165) is 16.8 Å². The molecule has 0 saturated heterocycles. The van der Waals surface area contributed by atoms with E-state index >= 15 is 0 Å². The van der Waals surface area contributed by atoms with Gasteiger partial charge in [-0.3, -0.25) is 0 Å². The number of benzene rings is 1. The lowest BCUT2D eigenvalue weighted by molar-refractivity contribution is 0.00240. The maximum Gasteiger partial charge on any atom is 0.167 e. The molecule has 6 nitrogen and oxygen atoms in total. The molecule has 0 fully saturated rings. The summed E-state index contributed by atoms with van der Waals surface area (Å²) in [4.78, 5) is 0. The summed E-state index contributed by atoms with van der Waals surface area (Å²) >= 11 is 0. The molecule has 126 valence electrons. The lowest BCUT2D eigenvalue weighted by atomic mass is 10.1. The van der Waals surface area contributed by atoms with Crippen LogP contribution in [-0.2, 0) is 4.74 Å². The smallest absolute Gasteiger partial charge is 0.167 e. The minimum atomic E-state index is -0.717. The molecule has 1 aromatic carbocycles. The van der Waals surface area contributed by atoms with Crippen molar-refractivity contribution in [3.05, 3.63) is 52.7 Å². The zero-order valence-corrected chi connectivity index (χ0v) is 14.2. The Morgan fingerprint density at radius 2 is 1.96 bits per heavy atom. The van der Waals surface area contributed by atoms with Gasteiger partial charge < -0.3 is 15.2 Å². The first-order valence-corrected chi connectivity index (χ1v) is 7.85. The van der Waals surface area contributed by atoms with Gasteiger partial charge in [0.05, 0.1) is 24.5 Å². The molecule has 0 spiro atoms. The number of aryl methyl sites for hydroxylation is 1. The molecule has 2 aromatic rings. The normalized spacial score (nSPS) is 13.1. The Kier molecular flexibility index (Phi) is 6.24. The summed E-state index contributed by atoms with van der Waals surface area (Å²) in [6, 6.07) is 12.0. The molecule has 0 saturated carbocycles. The number of nitriles is 1. The number of aromatic nitrogens is 2. The molecule has 2 unspecified atom stereocenters. The molecule has 0 radical (unpaired) electrons. The molecule has 24 heavy (non-hydrogen) atoms. The Balaban J connectivity index is 1.87. The van der Waals surface area contributed by atoms with E-state index in [-0.39, 0.29) is 19.3 Å². The standard InChI is InChI=1S/C18H22N4O2/c1-12-13(2)21-22-18(17(12)9-19)20-10-16(23)11-24-14(3)15-7-5-4-6-8-15/h4-8,14,16,23H,10-11H2,1-3H3,(H,20,22). The summed E-state index contributed by atoms with van der Waals surface area (Å²) in [5, 5.41) is 30.3. The van der Waals surface area contributed by atoms with Crippen molar-refractivity contribution in [2.24, 2.45) is 0 Å². The quantitative estimate of drug-likeness (QED) is 0.812. The summed E-state index contributed by atoms with van der Waals surface area (Å²) in [6.45, 7) is 5.99. The van der Waals surface area contributed by atoms with Crippen molar-refractivity contribution in [2.75, 3.05) is 18.5 Å². The number of ether oxygens (including phenoxy) is 1. The Labute approximate surface area is 142 Å². The van der Waals surface area contributed by atoms with Crippen LogP contribution in [-0.4, -0.2) is 34.6 Å². The highest BCUT2D eigenvalue weighted by molar-refractivity contribution is 5.55. The number of nitrogens with zero attached hydrogens (tertiary/aromatic N) is 3. The zero-order chi connectivity index (χ0) is 17.5. The largest absolute Gasteiger partial charge is 0.389 e. The molecule has 1 heterocycles. The molecule has 2 atom stereocenters. The van der Waals surface area contributed by atoms with Crippen LogP contribution in [0.5, 0.6) is 0 Å². The van der Waals surface area contributed by atoms with E-state index in [9.17, 15) is 10.4 Å². The highest BCUT2D eigenvalue weighted by Crippen LogP contribution is 2.18. The van der Waals surface area contributed by atoms with Crippen molar-refractivity contribution in [1.29, 1.82) is 5.26 Å². The van der Waals surface area contributed by atoms with E-state index < -0.39 is 6.10 Å². The van der Waals surface area contributed by atoms with Gasteiger partial charge in [-0.1, -0.05) is 30.3 Å². The maximum atomic E-state index is 10.1. The van der Waals surface area contributed by atoms with Crippen molar-refractivity contribution < 1.29 is 9.84 Å². The predicted octanol–water partition coefficient (Wildman–Crippen LogP) is 2.52. The van der Waals surface area contributed by atoms with Crippen molar-refractivity contribution in [2.45, 2.75) is 33.0 Å². The van der Waals surface area contributed by atoms with E-state index in [4.69, 9.17) is 4.74 Å². The van der Waals surface area contributed by atoms with Crippen LogP contribution in [0.3, 0.4) is 0 Å². The van der Waals surface area contributed by atoms with E-state index in [1.807, 2.05) is 44.2 Å². The van der Waals surface area contributed by atoms with Crippen molar-refractivity contribution in [3.8, 4) is 6.07 Å². The third-order valence-electron chi connectivity index (χ3n) is 3.88. The Bertz CT molecular complexity index is 713. The lowest BCUT2D eigenvalue weighted by Gasteiger charge is -2.18. The van der Waals surface area contributed by atoms with Gasteiger partial charge in [0.15, 0.2) is 5.82 Å². The molecule has 2 N–H and O–H groups in total. The van der Waals surface area contributed by atoms with Crippen LogP contribution < -0.4 is 5.32 Å². The fraction of sp³-hybridized carbons (Fsp3) is 0.389. The van der Waals surface area contributed by atoms with Crippen LogP contribution in [0.1, 0.15) is 35.4 Å². The van der Waals surface area contributed by atoms with Crippen LogP contribution in [0.4, 0.5) is 5.82 Å². The van der Waals surface area contributed by atoms with E-state index in [0.29, 0.717) is 11.4 Å². The number of anilines is 1. The number of aliphatic hydroxyl groups excluding tert-OH is 1. The van der Waals surface area contributed by atoms with Gasteiger partial charge in [-0.05, 0) is 31.9 Å². The molecular formula is C18H22N4O2. The summed E-state index contributed by atoms with van der Waals surface area (Å²) in [5.74, 6) is 0.385. The second-order valence-electron chi connectivity index (χ2n) is 5.67. The molecule has 0 aliphatic carbocycles. The molecule has 6 heteroatoms. The van der Waals surface area contributed by atoms with Gasteiger partial charge in [-0.15, -0.1) is 5.10 Å². The van der Waals surface area contributed by atoms with E-state index in [1.54, 1.807) is 6.92 Å². The number of aliphatic hydroxyl groups is 1. The van der Waals surface area contributed by atoms with Gasteiger partial charge in [-0.25, -0.2) is 0 Å². The van der Waals surface area contributed by atoms with Crippen LogP contribution >= 0.6 is 0 Å². The Hall–Kier alpha value is -2.49. The summed E-state index contributed by atoms with van der Waals surface area (Å²) in [5.41, 5.74) is 3.02. The van der Waals surface area contributed by atoms with Gasteiger partial charge in [0.2, 0.25) is 0 Å². The fourth-order valence-corrected chi connectivity index (χ4v) is 2.22. The van der Waals surface area contributed by atoms with Gasteiger partial charge in [0.25, 0.3) is 0 Å². The molecule has 0 amide bonds. The monoisotopic (exact) mass is 326 g/mol. The Morgan fingerprint density at radius 1 is 1.25 bits per heavy atom. The zero-order valence-electron chi connectivity index (χ0n) is 14.2. The molecular weight excluding hydrogens is 304 g/mol. The lowest BCUT2D eigenvalue weighted by Crippen LogP contribution is -2.26. The Morgan fingerprint density at radius 3 is 2.62 bits per heavy atom. The highest BCUT2D eigenvalue weighted by atomic mass is 16.5. The average Bonchev–Trinajstić information content (AvgIpc) is 2.61. The topological polar surface area (TPSA) is 91.1 Å². The first kappa shape index (κ1) is 17.9. The van der Waals surface area contributed by atoms with Gasteiger partial charge in [0, 0.05) is 6.54 Å². The van der Waals surface area contributed by atoms with Crippen molar-refractivity contribution >= 4 is 5.82 Å². The second-order valence-corrected chi connectivity index (χ2v) is 5.67. The highest BCUT2D eigenvalue weighted by Gasteiger charge is 2.13. The van der Waals surface area contributed by atoms with Crippen LogP contribution in [0, 0.1) is 25.2 Å². The first-order valence-electron chi connectivity index (χ1n) is 7.85. The molecule has 0 aliphatic rings. The van der Waals surface area contributed by atoms with Crippen LogP contribution in [0.2, 0.25) is 0 Å². The van der Waals surface area contributed by atoms with E-state index in [2.05, 4.69) is 21.6 Å². The first-order chi connectivity index (χ1) is 11.5. The molecule has 0 aliphatic heterocycles. The van der Waals surface area contributed by atoms with E-state index in [1.165, 1.54) is 0 Å². The average molecular weight is 326 g/mol. The third kappa shape index (κ3) is 4.51. The number of nitrogens with one attached hydrogen (secondary N) is 1. The number of hydrogen-bond donors (Lipinski definition) is 2. The number of hydrogen-bond acceptors (Lipinski definition) is 6. The predicted molar refractivity (Wildman–Crippen MR) is 91.5 cm³/mol. The van der Waals surface area contributed by atoms with Crippen molar-refractivity contribution in [1.82, 2.24) is 10.2 Å². The van der Waals surface area contributed by atoms with Gasteiger partial charge in [-0.2, -0.15) is 10.4 Å². The second kappa shape index (κ2) is 8.39. The van der Waals surface area contributed by atoms with Gasteiger partial charge in [0.1, 0.15) is 11.6 Å². The third-order valence-corrected chi connectivity index (χ3v) is 3.88. The van der Waals surface area contributed by atoms with Crippen LogP contribution in [0.15, 0.2) is 30.3 Å². The molecule has 0 bridgehead atoms. The molecule has 1 aromatic heterocycles. The minimum Gasteiger partial charge on any atom is -0.389 e. The maximum absolute atomic E-state index is 10.1. The summed E-state index contributed by atoms with van der Waals surface area (Å²) in [7, 11) is 0. The summed E-state index contributed by atoms with van der Waals surface area (Å²) < 4.78 is 5.69. The van der Waals surface area contributed by atoms with Crippen LogP contribution in [0.25, 0.3) is 0 Å².